The monoisotopic (exact) mass is 501 g/mol. The number of benzene rings is 3. The fourth-order valence-corrected chi connectivity index (χ4v) is 4.55. The van der Waals surface area contributed by atoms with Gasteiger partial charge in [0.25, 0.3) is 0 Å². The van der Waals surface area contributed by atoms with Crippen molar-refractivity contribution in [2.24, 2.45) is 0 Å². The molecule has 0 bridgehead atoms. The number of rotatable bonds is 7. The molecule has 3 aromatic carbocycles. The van der Waals surface area contributed by atoms with E-state index in [2.05, 4.69) is 0 Å². The van der Waals surface area contributed by atoms with Crippen molar-refractivity contribution in [3.05, 3.63) is 94.8 Å². The number of likely N-dealkylation sites (N-methyl/N-ethyl adjacent to an activating group) is 1. The number of ether oxygens (including phenoxy) is 1. The summed E-state index contributed by atoms with van der Waals surface area (Å²) in [5, 5.41) is 9.64. The number of nitrogens with zero attached hydrogens (tertiary/aromatic N) is 1. The summed E-state index contributed by atoms with van der Waals surface area (Å²) in [5.74, 6) is -2.94. The number of hydrogen-bond donors (Lipinski definition) is 1. The number of aryl methyl sites for hydroxylation is 1. The first-order chi connectivity index (χ1) is 17.1. The highest BCUT2D eigenvalue weighted by Crippen LogP contribution is 2.44. The first-order valence-corrected chi connectivity index (χ1v) is 11.2. The minimum Gasteiger partial charge on any atom is -0.480 e. The molecule has 4 rings (SSSR count). The third kappa shape index (κ3) is 5.05. The Morgan fingerprint density at radius 1 is 1.00 bits per heavy atom. The highest BCUT2D eigenvalue weighted by atomic mass is 19.4. The smallest absolute Gasteiger partial charge is 0.419 e. The lowest BCUT2D eigenvalue weighted by Crippen LogP contribution is -2.43. The number of amides is 1. The molecule has 1 aliphatic rings. The van der Waals surface area contributed by atoms with E-state index >= 15 is 0 Å². The Kier molecular flexibility index (Phi) is 7.01. The van der Waals surface area contributed by atoms with E-state index in [1.165, 1.54) is 7.05 Å². The zero-order chi connectivity index (χ0) is 26.0. The van der Waals surface area contributed by atoms with Crippen LogP contribution in [0.5, 0.6) is 0 Å². The number of alkyl halides is 3. The maximum absolute atomic E-state index is 13.9. The Hall–Kier alpha value is -3.88. The van der Waals surface area contributed by atoms with Gasteiger partial charge >= 0.3 is 18.2 Å². The van der Waals surface area contributed by atoms with Crippen LogP contribution in [-0.2, 0) is 22.1 Å². The maximum atomic E-state index is 13.9. The summed E-state index contributed by atoms with van der Waals surface area (Å²) in [6.07, 6.45) is -5.85. The first-order valence-electron chi connectivity index (χ1n) is 11.2. The van der Waals surface area contributed by atoms with E-state index < -0.39 is 35.7 Å². The molecule has 3 aromatic rings. The quantitative estimate of drug-likeness (QED) is 0.397. The molecule has 0 fully saturated rings. The van der Waals surface area contributed by atoms with Crippen molar-refractivity contribution in [3.8, 4) is 11.1 Å². The maximum Gasteiger partial charge on any atom is 0.419 e. The molecule has 1 atom stereocenters. The van der Waals surface area contributed by atoms with Crippen molar-refractivity contribution in [2.45, 2.75) is 31.0 Å². The summed E-state index contributed by atoms with van der Waals surface area (Å²) >= 11 is 0. The van der Waals surface area contributed by atoms with Crippen molar-refractivity contribution in [1.29, 1.82) is 0 Å². The van der Waals surface area contributed by atoms with Gasteiger partial charge in [-0.05, 0) is 52.8 Å². The van der Waals surface area contributed by atoms with Crippen LogP contribution in [0.15, 0.2) is 66.7 Å². The van der Waals surface area contributed by atoms with Crippen molar-refractivity contribution in [1.82, 2.24) is 4.90 Å². The molecule has 1 unspecified atom stereocenters. The third-order valence-corrected chi connectivity index (χ3v) is 6.42. The summed E-state index contributed by atoms with van der Waals surface area (Å²) in [6, 6.07) is 16.7. The van der Waals surface area contributed by atoms with Crippen LogP contribution in [0.25, 0.3) is 11.1 Å². The number of hydrogen-bond acceptors (Lipinski definition) is 3. The minimum absolute atomic E-state index is 0.00759. The average molecular weight is 501 g/mol. The first kappa shape index (κ1) is 25.2. The number of aliphatic carboxylic acids is 1. The summed E-state index contributed by atoms with van der Waals surface area (Å²) in [6.45, 7) is 0.00759. The normalized spacial score (nSPS) is 13.6. The second-order valence-electron chi connectivity index (χ2n) is 8.62. The van der Waals surface area contributed by atoms with E-state index in [4.69, 9.17) is 4.74 Å². The molecule has 36 heavy (non-hydrogen) atoms. The van der Waals surface area contributed by atoms with E-state index in [0.29, 0.717) is 6.07 Å². The van der Waals surface area contributed by atoms with Crippen LogP contribution in [0.2, 0.25) is 0 Å². The van der Waals surface area contributed by atoms with Crippen LogP contribution in [0.3, 0.4) is 0 Å². The Morgan fingerprint density at radius 3 is 2.11 bits per heavy atom. The lowest BCUT2D eigenvalue weighted by Gasteiger charge is -2.25. The van der Waals surface area contributed by atoms with Crippen molar-refractivity contribution < 1.29 is 37.0 Å². The molecule has 0 saturated carbocycles. The van der Waals surface area contributed by atoms with Gasteiger partial charge in [0.2, 0.25) is 0 Å². The van der Waals surface area contributed by atoms with Crippen LogP contribution in [0.4, 0.5) is 22.4 Å². The molecule has 1 N–H and O–H groups in total. The molecule has 0 radical (unpaired) electrons. The third-order valence-electron chi connectivity index (χ3n) is 6.42. The molecule has 0 aliphatic heterocycles. The summed E-state index contributed by atoms with van der Waals surface area (Å²) in [7, 11) is 1.28. The van der Waals surface area contributed by atoms with Gasteiger partial charge in [0.05, 0.1) is 5.56 Å². The molecular formula is C27H23F4NO4. The lowest BCUT2D eigenvalue weighted by molar-refractivity contribution is -0.142. The lowest BCUT2D eigenvalue weighted by atomic mass is 9.98. The number of carboxylic acids is 1. The molecule has 0 spiro atoms. The van der Waals surface area contributed by atoms with E-state index in [-0.39, 0.29) is 30.9 Å². The molecule has 0 heterocycles. The van der Waals surface area contributed by atoms with Gasteiger partial charge in [-0.3, -0.25) is 4.90 Å². The average Bonchev–Trinajstić information content (AvgIpc) is 3.15. The second kappa shape index (κ2) is 10.0. The molecule has 0 aromatic heterocycles. The van der Waals surface area contributed by atoms with Gasteiger partial charge in [-0.2, -0.15) is 13.2 Å². The van der Waals surface area contributed by atoms with E-state index in [9.17, 15) is 32.3 Å². The zero-order valence-corrected chi connectivity index (χ0v) is 19.3. The van der Waals surface area contributed by atoms with Gasteiger partial charge in [0.15, 0.2) is 0 Å². The van der Waals surface area contributed by atoms with Crippen molar-refractivity contribution in [2.75, 3.05) is 13.7 Å². The molecule has 188 valence electrons. The number of carbonyl (C=O) groups is 2. The summed E-state index contributed by atoms with van der Waals surface area (Å²) in [4.78, 5) is 25.5. The molecule has 1 aliphatic carbocycles. The Balaban J connectivity index is 1.42. The predicted molar refractivity (Wildman–Crippen MR) is 124 cm³/mol. The van der Waals surface area contributed by atoms with Crippen molar-refractivity contribution in [3.63, 3.8) is 0 Å². The van der Waals surface area contributed by atoms with E-state index in [1.807, 2.05) is 48.5 Å². The van der Waals surface area contributed by atoms with Gasteiger partial charge in [0.1, 0.15) is 18.5 Å². The number of carboxylic acid groups (broad SMARTS) is 1. The summed E-state index contributed by atoms with van der Waals surface area (Å²) < 4.78 is 57.7. The van der Waals surface area contributed by atoms with Crippen LogP contribution in [0, 0.1) is 5.82 Å². The fraction of sp³-hybridized carbons (Fsp3) is 0.259. The largest absolute Gasteiger partial charge is 0.480 e. The van der Waals surface area contributed by atoms with Crippen LogP contribution in [-0.4, -0.2) is 41.8 Å². The zero-order valence-electron chi connectivity index (χ0n) is 19.3. The van der Waals surface area contributed by atoms with Crippen LogP contribution < -0.4 is 0 Å². The van der Waals surface area contributed by atoms with Crippen LogP contribution >= 0.6 is 0 Å². The molecular weight excluding hydrogens is 478 g/mol. The van der Waals surface area contributed by atoms with Gasteiger partial charge in [-0.25, -0.2) is 14.0 Å². The summed E-state index contributed by atoms with van der Waals surface area (Å²) in [5.41, 5.74) is 2.91. The topological polar surface area (TPSA) is 66.8 Å². The second-order valence-corrected chi connectivity index (χ2v) is 8.62. The molecule has 1 amide bonds. The highest BCUT2D eigenvalue weighted by Gasteiger charge is 2.34. The molecule has 5 nitrogen and oxygen atoms in total. The Labute approximate surface area is 204 Å². The number of halogens is 4. The van der Waals surface area contributed by atoms with E-state index in [1.54, 1.807) is 0 Å². The molecule has 0 saturated heterocycles. The predicted octanol–water partition coefficient (Wildman–Crippen LogP) is 6.11. The number of fused-ring (bicyclic) bond motifs is 3. The highest BCUT2D eigenvalue weighted by molar-refractivity contribution is 5.81. The SMILES string of the molecule is CN(C(=O)OCC1c2ccccc2-c2ccccc21)C(CCc1ccc(C(F)(F)F)c(F)c1)C(=O)O. The standard InChI is InChI=1S/C27H23F4NO4/c1-32(24(25(33)34)13-11-16-10-12-22(23(28)14-16)27(29,30)31)26(35)36-15-21-19-8-4-2-6-17(19)18-7-3-5-9-20(18)21/h2-10,12,14,21,24H,11,13,15H2,1H3,(H,33,34). The Bertz CT molecular complexity index is 1250. The van der Waals surface area contributed by atoms with Gasteiger partial charge in [-0.15, -0.1) is 0 Å². The molecule has 9 heteroatoms. The Morgan fingerprint density at radius 2 is 1.58 bits per heavy atom. The van der Waals surface area contributed by atoms with Gasteiger partial charge in [0, 0.05) is 13.0 Å². The fourth-order valence-electron chi connectivity index (χ4n) is 4.55. The number of carbonyl (C=O) groups excluding carboxylic acids is 1. The van der Waals surface area contributed by atoms with Gasteiger partial charge in [-0.1, -0.05) is 54.6 Å². The van der Waals surface area contributed by atoms with Gasteiger partial charge < -0.3 is 9.84 Å². The van der Waals surface area contributed by atoms with Crippen LogP contribution in [0.1, 0.15) is 34.6 Å². The minimum atomic E-state index is -4.82. The van der Waals surface area contributed by atoms with Crippen molar-refractivity contribution >= 4 is 12.1 Å². The van der Waals surface area contributed by atoms with E-state index in [0.717, 1.165) is 39.3 Å².